The number of rotatable bonds is 7. The molecule has 228 valence electrons. The summed E-state index contributed by atoms with van der Waals surface area (Å²) in [5, 5.41) is 0. The Balaban J connectivity index is 1.47. The van der Waals surface area contributed by atoms with Gasteiger partial charge in [0.25, 0.3) is 0 Å². The van der Waals surface area contributed by atoms with E-state index in [1.54, 1.807) is 0 Å². The van der Waals surface area contributed by atoms with Gasteiger partial charge in [-0.05, 0) is 44.5 Å². The first-order valence-corrected chi connectivity index (χ1v) is 16.4. The molecule has 0 unspecified atom stereocenters. The van der Waals surface area contributed by atoms with E-state index in [-0.39, 0.29) is 17.5 Å². The van der Waals surface area contributed by atoms with Crippen LogP contribution >= 0.6 is 0 Å². The number of Topliss-reactive ketones (excluding diaryl/α,β-unsaturated/α-hetero) is 2. The Labute approximate surface area is 281 Å². The van der Waals surface area contributed by atoms with Gasteiger partial charge in [-0.15, -0.1) is 0 Å². The summed E-state index contributed by atoms with van der Waals surface area (Å²) in [7, 11) is 0. The first-order valence-electron chi connectivity index (χ1n) is 16.4. The van der Waals surface area contributed by atoms with Gasteiger partial charge in [0.2, 0.25) is 0 Å². The molecule has 2 atom stereocenters. The minimum absolute atomic E-state index is 0.0348. The van der Waals surface area contributed by atoms with Crippen LogP contribution in [0.25, 0.3) is 27.9 Å². The maximum Gasteiger partial charge on any atom is 0.191 e. The van der Waals surface area contributed by atoms with Crippen LogP contribution in [0.2, 0.25) is 0 Å². The number of carbonyl (C=O) groups excluding carboxylic acids is 2. The molecule has 0 amide bonds. The van der Waals surface area contributed by atoms with Crippen LogP contribution in [0, 0.1) is 5.92 Å². The number of allylic oxidation sites excluding steroid dienone is 6. The van der Waals surface area contributed by atoms with Crippen molar-refractivity contribution in [2.24, 2.45) is 5.92 Å². The monoisotopic (exact) mass is 616 g/mol. The van der Waals surface area contributed by atoms with E-state index in [2.05, 4.69) is 48.5 Å². The predicted octanol–water partition coefficient (Wildman–Crippen LogP) is 10.2. The van der Waals surface area contributed by atoms with Crippen molar-refractivity contribution >= 4 is 39.4 Å². The average molecular weight is 617 g/mol. The van der Waals surface area contributed by atoms with Gasteiger partial charge in [-0.25, -0.2) is 0 Å². The predicted molar refractivity (Wildman–Crippen MR) is 195 cm³/mol. The molecular weight excluding hydrogens is 585 g/mol. The summed E-state index contributed by atoms with van der Waals surface area (Å²) in [6.45, 7) is 0. The molecule has 2 aliphatic carbocycles. The van der Waals surface area contributed by atoms with Crippen molar-refractivity contribution < 1.29 is 9.59 Å². The van der Waals surface area contributed by atoms with E-state index in [1.807, 2.05) is 133 Å². The number of hydrogen-bond donors (Lipinski definition) is 0. The summed E-state index contributed by atoms with van der Waals surface area (Å²) in [5.74, 6) is -1.27. The molecule has 6 aromatic carbocycles. The molecule has 0 spiro atoms. The van der Waals surface area contributed by atoms with Crippen molar-refractivity contribution in [3.8, 4) is 0 Å². The van der Waals surface area contributed by atoms with Crippen LogP contribution in [0.3, 0.4) is 0 Å². The summed E-state index contributed by atoms with van der Waals surface area (Å²) in [6.07, 6.45) is 0. The van der Waals surface area contributed by atoms with Crippen LogP contribution in [0.4, 0.5) is 0 Å². The largest absolute Gasteiger partial charge is 0.293 e. The summed E-state index contributed by atoms with van der Waals surface area (Å²) in [4.78, 5) is 30.8. The summed E-state index contributed by atoms with van der Waals surface area (Å²) in [6, 6.07) is 60.5. The third-order valence-corrected chi connectivity index (χ3v) is 9.49. The van der Waals surface area contributed by atoms with Gasteiger partial charge in [-0.2, -0.15) is 0 Å². The number of ketones is 2. The summed E-state index contributed by atoms with van der Waals surface area (Å²) >= 11 is 0. The van der Waals surface area contributed by atoms with Gasteiger partial charge >= 0.3 is 0 Å². The molecule has 48 heavy (non-hydrogen) atoms. The molecule has 2 heteroatoms. The molecule has 2 aliphatic rings. The highest BCUT2D eigenvalue weighted by Gasteiger charge is 2.50. The van der Waals surface area contributed by atoms with Gasteiger partial charge in [0.15, 0.2) is 11.6 Å². The molecule has 0 N–H and O–H groups in total. The van der Waals surface area contributed by atoms with E-state index < -0.39 is 5.92 Å². The van der Waals surface area contributed by atoms with Gasteiger partial charge in [0.05, 0.1) is 5.92 Å². The fourth-order valence-corrected chi connectivity index (χ4v) is 7.52. The Morgan fingerprint density at radius 2 is 0.646 bits per heavy atom. The number of hydrogen-bond acceptors (Lipinski definition) is 2. The quantitative estimate of drug-likeness (QED) is 0.179. The van der Waals surface area contributed by atoms with Gasteiger partial charge < -0.3 is 0 Å². The lowest BCUT2D eigenvalue weighted by Gasteiger charge is -2.25. The first kappa shape index (κ1) is 29.3. The number of carbonyl (C=O) groups is 2. The van der Waals surface area contributed by atoms with Gasteiger partial charge in [-0.3, -0.25) is 9.59 Å². The van der Waals surface area contributed by atoms with E-state index >= 15 is 9.59 Å². The Bertz CT molecular complexity index is 2210. The highest BCUT2D eigenvalue weighted by atomic mass is 16.1. The minimum atomic E-state index is -0.750. The van der Waals surface area contributed by atoms with E-state index in [1.165, 1.54) is 0 Å². The standard InChI is InChI=1S/C46H32O2/c47-45-41(35-27-15-5-16-28-35)37(31-19-7-1-8-20-31)39(33-23-11-3-12-24-33)43(45)44-40(34-25-13-4-14-26-34)38(32-21-9-2-10-22-32)42(46(44)48)36-29-17-6-18-30-36/h1-30,39,43H/t39-,43+/m0/s1. The van der Waals surface area contributed by atoms with Crippen LogP contribution in [0.15, 0.2) is 188 Å². The van der Waals surface area contributed by atoms with Crippen molar-refractivity contribution in [2.75, 3.05) is 0 Å². The van der Waals surface area contributed by atoms with Crippen molar-refractivity contribution in [1.29, 1.82) is 0 Å². The Kier molecular flexibility index (Phi) is 7.68. The molecule has 0 saturated carbocycles. The van der Waals surface area contributed by atoms with E-state index in [4.69, 9.17) is 0 Å². The molecule has 0 heterocycles. The second-order valence-corrected chi connectivity index (χ2v) is 12.2. The first-order chi connectivity index (χ1) is 23.7. The molecule has 2 nitrogen and oxygen atoms in total. The van der Waals surface area contributed by atoms with E-state index in [9.17, 15) is 0 Å². The summed E-state index contributed by atoms with van der Waals surface area (Å²) in [5.41, 5.74) is 10.0. The SMILES string of the molecule is O=C1C(c2ccccc2)=C(c2ccccc2)C(c2ccccc2)=C1[C@@H]1C(=O)C(c2ccccc2)=C(c2ccccc2)[C@@H]1c1ccccc1. The second kappa shape index (κ2) is 12.6. The number of benzene rings is 6. The fraction of sp³-hybridized carbons (Fsp3) is 0.0435. The van der Waals surface area contributed by atoms with Gasteiger partial charge in [0, 0.05) is 28.2 Å². The molecule has 0 fully saturated rings. The second-order valence-electron chi connectivity index (χ2n) is 12.2. The third-order valence-electron chi connectivity index (χ3n) is 9.49. The highest BCUT2D eigenvalue weighted by molar-refractivity contribution is 6.50. The third kappa shape index (κ3) is 4.99. The minimum Gasteiger partial charge on any atom is -0.293 e. The van der Waals surface area contributed by atoms with Crippen LogP contribution in [0.5, 0.6) is 0 Å². The molecule has 8 rings (SSSR count). The van der Waals surface area contributed by atoms with Crippen LogP contribution in [0.1, 0.15) is 39.3 Å². The maximum absolute atomic E-state index is 15.4. The van der Waals surface area contributed by atoms with Gasteiger partial charge in [0.1, 0.15) is 0 Å². The molecule has 0 aliphatic heterocycles. The Hall–Kier alpha value is -6.12. The zero-order valence-electron chi connectivity index (χ0n) is 26.3. The highest BCUT2D eigenvalue weighted by Crippen LogP contribution is 2.58. The van der Waals surface area contributed by atoms with Gasteiger partial charge in [-0.1, -0.05) is 182 Å². The Morgan fingerprint density at radius 1 is 0.292 bits per heavy atom. The van der Waals surface area contributed by atoms with E-state index in [0.29, 0.717) is 16.7 Å². The molecule has 6 aromatic rings. The lowest BCUT2D eigenvalue weighted by atomic mass is 9.75. The lowest BCUT2D eigenvalue weighted by Crippen LogP contribution is -2.24. The average Bonchev–Trinajstić information content (AvgIpc) is 3.64. The summed E-state index contributed by atoms with van der Waals surface area (Å²) < 4.78 is 0. The molecule has 0 saturated heterocycles. The molecule has 0 aromatic heterocycles. The van der Waals surface area contributed by atoms with Crippen LogP contribution in [-0.4, -0.2) is 11.6 Å². The van der Waals surface area contributed by atoms with Crippen molar-refractivity contribution in [3.63, 3.8) is 0 Å². The fourth-order valence-electron chi connectivity index (χ4n) is 7.52. The zero-order chi connectivity index (χ0) is 32.5. The maximum atomic E-state index is 15.4. The van der Waals surface area contributed by atoms with Crippen molar-refractivity contribution in [2.45, 2.75) is 5.92 Å². The van der Waals surface area contributed by atoms with Crippen molar-refractivity contribution in [1.82, 2.24) is 0 Å². The smallest absolute Gasteiger partial charge is 0.191 e. The molecule has 0 radical (unpaired) electrons. The van der Waals surface area contributed by atoms with Crippen LogP contribution in [-0.2, 0) is 9.59 Å². The van der Waals surface area contributed by atoms with Crippen LogP contribution < -0.4 is 0 Å². The van der Waals surface area contributed by atoms with E-state index in [0.717, 1.165) is 50.1 Å². The zero-order valence-corrected chi connectivity index (χ0v) is 26.3. The van der Waals surface area contributed by atoms with Crippen molar-refractivity contribution in [3.05, 3.63) is 221 Å². The molecule has 0 bridgehead atoms. The lowest BCUT2D eigenvalue weighted by molar-refractivity contribution is -0.118. The topological polar surface area (TPSA) is 34.1 Å². The Morgan fingerprint density at radius 3 is 1.10 bits per heavy atom. The normalized spacial score (nSPS) is 17.8. The molecular formula is C46H32O2.